The number of rotatable bonds is 2. The minimum absolute atomic E-state index is 0.654. The van der Waals surface area contributed by atoms with Crippen molar-refractivity contribution in [2.45, 2.75) is 6.92 Å². The molecule has 0 saturated heterocycles. The van der Waals surface area contributed by atoms with Crippen LogP contribution in [-0.2, 0) is 0 Å². The lowest BCUT2D eigenvalue weighted by Crippen LogP contribution is -2.25. The van der Waals surface area contributed by atoms with Crippen molar-refractivity contribution in [1.82, 2.24) is 5.43 Å². The Morgan fingerprint density at radius 3 is 2.94 bits per heavy atom. The molecule has 0 aliphatic carbocycles. The SMILES string of the molecule is C/C(=N\NC(N)=O)c1csc2ccccc12. The number of hydrazone groups is 1. The van der Waals surface area contributed by atoms with E-state index in [0.717, 1.165) is 16.7 Å². The molecule has 0 radical (unpaired) electrons. The third-order valence-corrected chi connectivity index (χ3v) is 3.17. The summed E-state index contributed by atoms with van der Waals surface area (Å²) in [5.41, 5.74) is 8.95. The maximum absolute atomic E-state index is 10.5. The molecule has 1 heterocycles. The van der Waals surface area contributed by atoms with Gasteiger partial charge in [-0.25, -0.2) is 10.2 Å². The monoisotopic (exact) mass is 233 g/mol. The minimum atomic E-state index is -0.654. The molecule has 0 unspecified atom stereocenters. The average molecular weight is 233 g/mol. The fraction of sp³-hybridized carbons (Fsp3) is 0.0909. The van der Waals surface area contributed by atoms with Gasteiger partial charge in [0.15, 0.2) is 0 Å². The number of nitrogens with zero attached hydrogens (tertiary/aromatic N) is 1. The van der Waals surface area contributed by atoms with E-state index in [1.165, 1.54) is 4.70 Å². The van der Waals surface area contributed by atoms with Gasteiger partial charge in [-0.05, 0) is 13.0 Å². The molecule has 1 aromatic heterocycles. The highest BCUT2D eigenvalue weighted by Crippen LogP contribution is 2.25. The summed E-state index contributed by atoms with van der Waals surface area (Å²) in [6, 6.07) is 7.41. The van der Waals surface area contributed by atoms with Crippen LogP contribution in [0.4, 0.5) is 4.79 Å². The van der Waals surface area contributed by atoms with Crippen LogP contribution in [0.5, 0.6) is 0 Å². The molecule has 0 saturated carbocycles. The van der Waals surface area contributed by atoms with Crippen molar-refractivity contribution in [2.24, 2.45) is 10.8 Å². The number of fused-ring (bicyclic) bond motifs is 1. The zero-order valence-electron chi connectivity index (χ0n) is 8.73. The Morgan fingerprint density at radius 2 is 2.19 bits per heavy atom. The largest absolute Gasteiger partial charge is 0.350 e. The van der Waals surface area contributed by atoms with Gasteiger partial charge in [-0.1, -0.05) is 18.2 Å². The van der Waals surface area contributed by atoms with E-state index in [4.69, 9.17) is 5.73 Å². The van der Waals surface area contributed by atoms with Gasteiger partial charge < -0.3 is 5.73 Å². The first-order valence-corrected chi connectivity index (χ1v) is 5.63. The van der Waals surface area contributed by atoms with E-state index < -0.39 is 6.03 Å². The van der Waals surface area contributed by atoms with Crippen molar-refractivity contribution in [2.75, 3.05) is 0 Å². The maximum Gasteiger partial charge on any atom is 0.332 e. The highest BCUT2D eigenvalue weighted by molar-refractivity contribution is 7.17. The molecule has 5 heteroatoms. The number of thiophene rings is 1. The first-order valence-electron chi connectivity index (χ1n) is 4.75. The van der Waals surface area contributed by atoms with E-state index in [2.05, 4.69) is 16.6 Å². The molecule has 0 aliphatic heterocycles. The highest BCUT2D eigenvalue weighted by atomic mass is 32.1. The van der Waals surface area contributed by atoms with Gasteiger partial charge in [0.25, 0.3) is 0 Å². The van der Waals surface area contributed by atoms with E-state index >= 15 is 0 Å². The number of urea groups is 1. The Balaban J connectivity index is 2.40. The number of carbonyl (C=O) groups excluding carboxylic acids is 1. The van der Waals surface area contributed by atoms with Crippen molar-refractivity contribution in [3.05, 3.63) is 35.2 Å². The molecule has 16 heavy (non-hydrogen) atoms. The third kappa shape index (κ3) is 2.04. The summed E-state index contributed by atoms with van der Waals surface area (Å²) in [7, 11) is 0. The Bertz CT molecular complexity index is 559. The molecule has 3 N–H and O–H groups in total. The van der Waals surface area contributed by atoms with Gasteiger partial charge >= 0.3 is 6.03 Å². The van der Waals surface area contributed by atoms with Crippen LogP contribution >= 0.6 is 11.3 Å². The maximum atomic E-state index is 10.5. The van der Waals surface area contributed by atoms with Crippen LogP contribution in [0.1, 0.15) is 12.5 Å². The van der Waals surface area contributed by atoms with Crippen LogP contribution in [0.2, 0.25) is 0 Å². The second kappa shape index (κ2) is 4.32. The Labute approximate surface area is 96.8 Å². The van der Waals surface area contributed by atoms with Crippen molar-refractivity contribution in [3.63, 3.8) is 0 Å². The number of hydrogen-bond acceptors (Lipinski definition) is 3. The second-order valence-electron chi connectivity index (χ2n) is 3.32. The molecule has 2 amide bonds. The van der Waals surface area contributed by atoms with E-state index in [1.54, 1.807) is 11.3 Å². The fourth-order valence-corrected chi connectivity index (χ4v) is 2.46. The number of primary amides is 1. The zero-order chi connectivity index (χ0) is 11.5. The van der Waals surface area contributed by atoms with Gasteiger partial charge in [-0.2, -0.15) is 5.10 Å². The van der Waals surface area contributed by atoms with E-state index in [0.29, 0.717) is 0 Å². The van der Waals surface area contributed by atoms with Crippen LogP contribution in [0, 0.1) is 0 Å². The summed E-state index contributed by atoms with van der Waals surface area (Å²) in [4.78, 5) is 10.5. The molecule has 0 aliphatic rings. The van der Waals surface area contributed by atoms with Crippen LogP contribution in [0.25, 0.3) is 10.1 Å². The molecule has 82 valence electrons. The van der Waals surface area contributed by atoms with Gasteiger partial charge in [0.05, 0.1) is 5.71 Å². The summed E-state index contributed by atoms with van der Waals surface area (Å²) in [6.45, 7) is 1.84. The summed E-state index contributed by atoms with van der Waals surface area (Å²) in [6.07, 6.45) is 0. The lowest BCUT2D eigenvalue weighted by molar-refractivity contribution is 0.249. The predicted molar refractivity (Wildman–Crippen MR) is 66.8 cm³/mol. The molecular weight excluding hydrogens is 222 g/mol. The minimum Gasteiger partial charge on any atom is -0.350 e. The summed E-state index contributed by atoms with van der Waals surface area (Å²) < 4.78 is 1.20. The number of carbonyl (C=O) groups is 1. The Hall–Kier alpha value is -1.88. The first-order chi connectivity index (χ1) is 7.68. The topological polar surface area (TPSA) is 67.5 Å². The predicted octanol–water partition coefficient (Wildman–Crippen LogP) is 2.29. The van der Waals surface area contributed by atoms with Gasteiger partial charge in [-0.3, -0.25) is 0 Å². The van der Waals surface area contributed by atoms with Gasteiger partial charge in [-0.15, -0.1) is 11.3 Å². The van der Waals surface area contributed by atoms with E-state index in [-0.39, 0.29) is 0 Å². The van der Waals surface area contributed by atoms with Crippen molar-refractivity contribution in [1.29, 1.82) is 0 Å². The van der Waals surface area contributed by atoms with Crippen LogP contribution in [0.3, 0.4) is 0 Å². The second-order valence-corrected chi connectivity index (χ2v) is 4.23. The molecule has 1 aromatic carbocycles. The molecule has 2 aromatic rings. The van der Waals surface area contributed by atoms with Gasteiger partial charge in [0.2, 0.25) is 0 Å². The van der Waals surface area contributed by atoms with Gasteiger partial charge in [0, 0.05) is 21.0 Å². The van der Waals surface area contributed by atoms with E-state index in [1.807, 2.05) is 30.5 Å². The fourth-order valence-electron chi connectivity index (χ4n) is 1.46. The Morgan fingerprint density at radius 1 is 1.44 bits per heavy atom. The molecule has 4 nitrogen and oxygen atoms in total. The lowest BCUT2D eigenvalue weighted by Gasteiger charge is -1.99. The van der Waals surface area contributed by atoms with E-state index in [9.17, 15) is 4.79 Å². The molecule has 0 bridgehead atoms. The number of hydrogen-bond donors (Lipinski definition) is 2. The summed E-state index contributed by atoms with van der Waals surface area (Å²) >= 11 is 1.65. The van der Waals surface area contributed by atoms with Crippen LogP contribution < -0.4 is 11.2 Å². The Kier molecular flexibility index (Phi) is 2.87. The molecule has 0 spiro atoms. The van der Waals surface area contributed by atoms with Crippen LogP contribution in [-0.4, -0.2) is 11.7 Å². The quantitative estimate of drug-likeness (QED) is 0.606. The molecular formula is C11H11N3OS. The normalized spacial score (nSPS) is 11.7. The lowest BCUT2D eigenvalue weighted by atomic mass is 10.1. The van der Waals surface area contributed by atoms with Crippen molar-refractivity contribution in [3.8, 4) is 0 Å². The highest BCUT2D eigenvalue weighted by Gasteiger charge is 2.06. The van der Waals surface area contributed by atoms with Crippen molar-refractivity contribution >= 4 is 33.2 Å². The number of nitrogens with two attached hydrogens (primary N) is 1. The smallest absolute Gasteiger partial charge is 0.332 e. The number of amides is 2. The molecule has 2 rings (SSSR count). The van der Waals surface area contributed by atoms with Gasteiger partial charge in [0.1, 0.15) is 0 Å². The zero-order valence-corrected chi connectivity index (χ0v) is 9.54. The molecule has 0 atom stereocenters. The standard InChI is InChI=1S/C11H11N3OS/c1-7(13-14-11(12)15)9-6-16-10-5-3-2-4-8(9)10/h2-6H,1H3,(H3,12,14,15)/b13-7+. The van der Waals surface area contributed by atoms with Crippen LogP contribution in [0.15, 0.2) is 34.7 Å². The average Bonchev–Trinajstić information content (AvgIpc) is 2.69. The summed E-state index contributed by atoms with van der Waals surface area (Å²) in [5.74, 6) is 0. The first kappa shape index (κ1) is 10.6. The number of benzene rings is 1. The third-order valence-electron chi connectivity index (χ3n) is 2.20. The summed E-state index contributed by atoms with van der Waals surface area (Å²) in [5, 5.41) is 7.07. The number of nitrogens with one attached hydrogen (secondary N) is 1. The molecule has 0 fully saturated rings. The van der Waals surface area contributed by atoms with Crippen molar-refractivity contribution < 1.29 is 4.79 Å².